The number of hydrogen-bond acceptors (Lipinski definition) is 7. The van der Waals surface area contributed by atoms with Gasteiger partial charge in [-0.1, -0.05) is 12.0 Å². The minimum Gasteiger partial charge on any atom is -0.473 e. The van der Waals surface area contributed by atoms with Crippen LogP contribution in [0.5, 0.6) is 5.88 Å². The summed E-state index contributed by atoms with van der Waals surface area (Å²) in [5, 5.41) is 0. The number of rotatable bonds is 9. The Kier molecular flexibility index (Phi) is 8.00. The van der Waals surface area contributed by atoms with Crippen LogP contribution in [0, 0.1) is 29.8 Å². The smallest absolute Gasteiger partial charge is 0.337 e. The van der Waals surface area contributed by atoms with E-state index in [4.69, 9.17) is 20.6 Å². The van der Waals surface area contributed by atoms with Crippen LogP contribution in [0.4, 0.5) is 13.2 Å². The van der Waals surface area contributed by atoms with E-state index in [1.807, 2.05) is 4.57 Å². The van der Waals surface area contributed by atoms with Crippen LogP contribution < -0.4 is 4.74 Å². The summed E-state index contributed by atoms with van der Waals surface area (Å²) in [6, 6.07) is 12.9. The number of fused-ring (bicyclic) bond motifs is 1. The molecule has 4 heterocycles. The predicted octanol–water partition coefficient (Wildman–Crippen LogP) is 5.64. The molecular weight excluding hydrogens is 573 g/mol. The normalized spacial score (nSPS) is 14.2. The molecule has 0 unspecified atom stereocenters. The Morgan fingerprint density at radius 1 is 1.07 bits per heavy atom. The van der Waals surface area contributed by atoms with Crippen molar-refractivity contribution in [2.24, 2.45) is 0 Å². The number of hydrogen-bond donors (Lipinski definition) is 0. The first kappa shape index (κ1) is 28.9. The molecular formula is C33H25F3N4O4. The number of imidazole rings is 1. The molecule has 0 N–H and O–H groups in total. The fourth-order valence-corrected chi connectivity index (χ4v) is 4.92. The summed E-state index contributed by atoms with van der Waals surface area (Å²) in [4.78, 5) is 25.0. The lowest BCUT2D eigenvalue weighted by Gasteiger charge is -2.27. The van der Waals surface area contributed by atoms with Crippen LogP contribution in [0.15, 0.2) is 60.8 Å². The molecule has 0 bridgehead atoms. The Bertz CT molecular complexity index is 1930. The maximum atomic E-state index is 15.5. The monoisotopic (exact) mass is 598 g/mol. The van der Waals surface area contributed by atoms with Crippen molar-refractivity contribution in [1.82, 2.24) is 19.5 Å². The summed E-state index contributed by atoms with van der Waals surface area (Å²) < 4.78 is 63.1. The fourth-order valence-electron chi connectivity index (χ4n) is 4.92. The molecule has 2 aromatic carbocycles. The van der Waals surface area contributed by atoms with Gasteiger partial charge in [0.25, 0.3) is 0 Å². The number of pyridine rings is 2. The third-order valence-electron chi connectivity index (χ3n) is 7.37. The van der Waals surface area contributed by atoms with Gasteiger partial charge < -0.3 is 18.8 Å². The molecule has 1 atom stereocenters. The molecule has 11 heteroatoms. The molecule has 44 heavy (non-hydrogen) atoms. The third kappa shape index (κ3) is 5.85. The van der Waals surface area contributed by atoms with Crippen LogP contribution in [0.3, 0.4) is 0 Å². The summed E-state index contributed by atoms with van der Waals surface area (Å²) in [6.45, 7) is 0.905. The average molecular weight is 599 g/mol. The number of carbonyl (C=O) groups is 1. The van der Waals surface area contributed by atoms with E-state index in [9.17, 15) is 9.18 Å². The lowest BCUT2D eigenvalue weighted by Crippen LogP contribution is -2.31. The highest BCUT2D eigenvalue weighted by atomic mass is 19.1. The van der Waals surface area contributed by atoms with Gasteiger partial charge in [0.15, 0.2) is 0 Å². The number of aromatic nitrogens is 4. The van der Waals surface area contributed by atoms with Gasteiger partial charge in [0.1, 0.15) is 35.6 Å². The van der Waals surface area contributed by atoms with Crippen molar-refractivity contribution in [2.75, 3.05) is 13.7 Å². The number of terminal acetylenes is 1. The van der Waals surface area contributed by atoms with E-state index < -0.39 is 23.4 Å². The highest BCUT2D eigenvalue weighted by Crippen LogP contribution is 2.29. The van der Waals surface area contributed by atoms with Crippen molar-refractivity contribution in [2.45, 2.75) is 32.1 Å². The first-order valence-electron chi connectivity index (χ1n) is 13.7. The second-order valence-corrected chi connectivity index (χ2v) is 10.2. The molecule has 6 rings (SSSR count). The molecule has 0 aliphatic carbocycles. The van der Waals surface area contributed by atoms with Gasteiger partial charge in [0, 0.05) is 42.5 Å². The van der Waals surface area contributed by atoms with E-state index in [2.05, 4.69) is 20.9 Å². The van der Waals surface area contributed by atoms with Gasteiger partial charge >= 0.3 is 5.97 Å². The quantitative estimate of drug-likeness (QED) is 0.160. The van der Waals surface area contributed by atoms with Crippen molar-refractivity contribution in [3.63, 3.8) is 0 Å². The number of nitrogens with zero attached hydrogens (tertiary/aromatic N) is 4. The van der Waals surface area contributed by atoms with Gasteiger partial charge in [0.05, 0.1) is 42.0 Å². The average Bonchev–Trinajstić information content (AvgIpc) is 3.35. The molecule has 222 valence electrons. The van der Waals surface area contributed by atoms with Gasteiger partial charge in [-0.2, -0.15) is 0 Å². The number of carbonyl (C=O) groups excluding carboxylic acids is 1. The number of benzene rings is 2. The van der Waals surface area contributed by atoms with Crippen LogP contribution in [0.2, 0.25) is 0 Å². The van der Waals surface area contributed by atoms with Crippen LogP contribution in [-0.2, 0) is 29.0 Å². The molecule has 0 amide bonds. The number of methoxy groups -OCH3 is 1. The highest BCUT2D eigenvalue weighted by Gasteiger charge is 2.24. The zero-order valence-corrected chi connectivity index (χ0v) is 23.5. The molecule has 8 nitrogen and oxygen atoms in total. The second kappa shape index (κ2) is 12.2. The van der Waals surface area contributed by atoms with Gasteiger partial charge in [0.2, 0.25) is 5.88 Å². The maximum Gasteiger partial charge on any atom is 0.337 e. The van der Waals surface area contributed by atoms with E-state index >= 15 is 8.78 Å². The van der Waals surface area contributed by atoms with E-state index in [1.165, 1.54) is 25.4 Å². The molecule has 3 aromatic heterocycles. The minimum absolute atomic E-state index is 0.00731. The Labute approximate surface area is 250 Å². The van der Waals surface area contributed by atoms with Crippen molar-refractivity contribution < 1.29 is 32.2 Å². The van der Waals surface area contributed by atoms with Gasteiger partial charge in [-0.05, 0) is 48.4 Å². The Morgan fingerprint density at radius 3 is 2.61 bits per heavy atom. The van der Waals surface area contributed by atoms with E-state index in [1.54, 1.807) is 24.3 Å². The standard InChI is InChI=1S/C33H25F3N4O4/c1-3-22-14-25(34)21(16-37-22)18-44-32-6-4-5-28(39-32)24-15-26(35)20(11-27(24)36)13-31-38-29-8-7-19(33(41)42-2)12-30(29)40(31)17-23-9-10-43-23/h1,4-8,11-12,14-16,23H,9-10,13,17-18H2,2H3/t23-/m0/s1. The molecule has 0 radical (unpaired) electrons. The summed E-state index contributed by atoms with van der Waals surface area (Å²) in [7, 11) is 1.30. The van der Waals surface area contributed by atoms with E-state index in [0.717, 1.165) is 24.6 Å². The molecule has 1 aliphatic rings. The largest absolute Gasteiger partial charge is 0.473 e. The Hall–Kier alpha value is -5.21. The fraction of sp³-hybridized carbons (Fsp3) is 0.212. The third-order valence-corrected chi connectivity index (χ3v) is 7.37. The lowest BCUT2D eigenvalue weighted by atomic mass is 10.0. The Morgan fingerprint density at radius 2 is 1.89 bits per heavy atom. The first-order chi connectivity index (χ1) is 21.3. The topological polar surface area (TPSA) is 88.4 Å². The molecule has 0 spiro atoms. The maximum absolute atomic E-state index is 15.5. The van der Waals surface area contributed by atoms with Crippen LogP contribution >= 0.6 is 0 Å². The summed E-state index contributed by atoms with van der Waals surface area (Å²) in [5.74, 6) is 0.430. The van der Waals surface area contributed by atoms with Gasteiger partial charge in [-0.25, -0.2) is 32.9 Å². The number of halogens is 3. The zero-order valence-electron chi connectivity index (χ0n) is 23.5. The highest BCUT2D eigenvalue weighted by molar-refractivity contribution is 5.93. The van der Waals surface area contributed by atoms with Crippen molar-refractivity contribution in [1.29, 1.82) is 0 Å². The lowest BCUT2D eigenvalue weighted by molar-refractivity contribution is -0.0589. The molecule has 1 saturated heterocycles. The Balaban J connectivity index is 1.26. The van der Waals surface area contributed by atoms with Crippen molar-refractivity contribution >= 4 is 17.0 Å². The first-order valence-corrected chi connectivity index (χ1v) is 13.7. The predicted molar refractivity (Wildman–Crippen MR) is 154 cm³/mol. The van der Waals surface area contributed by atoms with Crippen LogP contribution in [0.25, 0.3) is 22.3 Å². The van der Waals surface area contributed by atoms with Gasteiger partial charge in [-0.15, -0.1) is 6.42 Å². The van der Waals surface area contributed by atoms with Crippen molar-refractivity contribution in [3.05, 3.63) is 106 Å². The number of ether oxygens (including phenoxy) is 3. The van der Waals surface area contributed by atoms with Crippen molar-refractivity contribution in [3.8, 4) is 29.5 Å². The second-order valence-electron chi connectivity index (χ2n) is 10.2. The zero-order chi connectivity index (χ0) is 30.8. The summed E-state index contributed by atoms with van der Waals surface area (Å²) in [5.41, 5.74) is 2.10. The van der Waals surface area contributed by atoms with E-state index in [-0.39, 0.29) is 53.1 Å². The molecule has 5 aromatic rings. The molecule has 1 fully saturated rings. The molecule has 1 aliphatic heterocycles. The molecule has 0 saturated carbocycles. The van der Waals surface area contributed by atoms with Crippen LogP contribution in [0.1, 0.15) is 39.4 Å². The summed E-state index contributed by atoms with van der Waals surface area (Å²) >= 11 is 0. The SMILES string of the molecule is C#Cc1cc(F)c(COc2cccc(-c3cc(F)c(Cc4nc5ccc(C(=O)OC)cc5n4C[C@@H]4CCO4)cc3F)n2)cn1. The number of esters is 1. The minimum atomic E-state index is -0.691. The van der Waals surface area contributed by atoms with Gasteiger partial charge in [-0.3, -0.25) is 0 Å². The van der Waals surface area contributed by atoms with E-state index in [0.29, 0.717) is 35.6 Å². The summed E-state index contributed by atoms with van der Waals surface area (Å²) in [6.07, 6.45) is 7.31. The van der Waals surface area contributed by atoms with Crippen LogP contribution in [-0.4, -0.2) is 45.3 Å².